The highest BCUT2D eigenvalue weighted by atomic mass is 32.2. The standard InChI is InChI=1S/C14H23NO4S/c1-3-18-13-7-5-6-8-14(13)19-11-9-15-10-12-20(16,17)4-2/h5-8,15H,3-4,9-12H2,1-2H3. The molecule has 0 bridgehead atoms. The molecule has 1 aromatic carbocycles. The van der Waals surface area contributed by atoms with Crippen molar-refractivity contribution < 1.29 is 17.9 Å². The second-order valence-electron chi connectivity index (χ2n) is 4.21. The molecule has 1 N–H and O–H groups in total. The Hall–Kier alpha value is -1.27. The van der Waals surface area contributed by atoms with Gasteiger partial charge < -0.3 is 14.8 Å². The molecule has 0 aliphatic carbocycles. The summed E-state index contributed by atoms with van der Waals surface area (Å²) in [6, 6.07) is 7.50. The quantitative estimate of drug-likeness (QED) is 0.663. The van der Waals surface area contributed by atoms with Gasteiger partial charge in [0, 0.05) is 18.8 Å². The average molecular weight is 301 g/mol. The van der Waals surface area contributed by atoms with Gasteiger partial charge in [0.2, 0.25) is 0 Å². The summed E-state index contributed by atoms with van der Waals surface area (Å²) in [7, 11) is -2.90. The van der Waals surface area contributed by atoms with Gasteiger partial charge in [0.25, 0.3) is 0 Å². The highest BCUT2D eigenvalue weighted by Gasteiger charge is 2.06. The lowest BCUT2D eigenvalue weighted by atomic mass is 10.3. The molecule has 1 aromatic rings. The number of para-hydroxylation sites is 2. The lowest BCUT2D eigenvalue weighted by Gasteiger charge is -2.11. The number of nitrogens with one attached hydrogen (secondary N) is 1. The van der Waals surface area contributed by atoms with Crippen LogP contribution in [-0.4, -0.2) is 46.2 Å². The van der Waals surface area contributed by atoms with Crippen molar-refractivity contribution in [1.82, 2.24) is 5.32 Å². The smallest absolute Gasteiger partial charge is 0.161 e. The molecule has 0 aliphatic rings. The molecule has 0 radical (unpaired) electrons. The lowest BCUT2D eigenvalue weighted by molar-refractivity contribution is 0.276. The summed E-state index contributed by atoms with van der Waals surface area (Å²) in [4.78, 5) is 0. The molecule has 1 rings (SSSR count). The normalized spacial score (nSPS) is 11.3. The molecular weight excluding hydrogens is 278 g/mol. The predicted octanol–water partition coefficient (Wildman–Crippen LogP) is 1.49. The van der Waals surface area contributed by atoms with Crippen LogP contribution in [-0.2, 0) is 9.84 Å². The Kier molecular flexibility index (Phi) is 7.40. The van der Waals surface area contributed by atoms with Crippen molar-refractivity contribution in [3.8, 4) is 11.5 Å². The topological polar surface area (TPSA) is 64.6 Å². The van der Waals surface area contributed by atoms with Crippen LogP contribution < -0.4 is 14.8 Å². The van der Waals surface area contributed by atoms with Crippen molar-refractivity contribution in [1.29, 1.82) is 0 Å². The molecule has 0 amide bonds. The van der Waals surface area contributed by atoms with E-state index in [1.165, 1.54) is 0 Å². The van der Waals surface area contributed by atoms with E-state index in [0.717, 1.165) is 5.75 Å². The van der Waals surface area contributed by atoms with Crippen LogP contribution in [0.2, 0.25) is 0 Å². The minimum absolute atomic E-state index is 0.166. The third-order valence-corrected chi connectivity index (χ3v) is 4.42. The van der Waals surface area contributed by atoms with Crippen molar-refractivity contribution in [2.75, 3.05) is 37.8 Å². The minimum atomic E-state index is -2.90. The first-order chi connectivity index (χ1) is 9.59. The molecule has 0 aliphatic heterocycles. The molecule has 114 valence electrons. The Morgan fingerprint density at radius 2 is 1.70 bits per heavy atom. The maximum atomic E-state index is 11.3. The van der Waals surface area contributed by atoms with Crippen molar-refractivity contribution in [2.24, 2.45) is 0 Å². The first-order valence-corrected chi connectivity index (χ1v) is 8.67. The fourth-order valence-corrected chi connectivity index (χ4v) is 2.32. The van der Waals surface area contributed by atoms with Gasteiger partial charge in [-0.3, -0.25) is 0 Å². The zero-order valence-electron chi connectivity index (χ0n) is 12.1. The average Bonchev–Trinajstić information content (AvgIpc) is 2.44. The third-order valence-electron chi connectivity index (χ3n) is 2.72. The Balaban J connectivity index is 2.25. The highest BCUT2D eigenvalue weighted by Crippen LogP contribution is 2.25. The van der Waals surface area contributed by atoms with Crippen LogP contribution in [0.25, 0.3) is 0 Å². The first kappa shape index (κ1) is 16.8. The van der Waals surface area contributed by atoms with Gasteiger partial charge in [0.15, 0.2) is 21.3 Å². The molecule has 0 unspecified atom stereocenters. The molecule has 0 saturated carbocycles. The molecule has 0 saturated heterocycles. The Morgan fingerprint density at radius 3 is 2.30 bits per heavy atom. The molecule has 0 atom stereocenters. The highest BCUT2D eigenvalue weighted by molar-refractivity contribution is 7.91. The van der Waals surface area contributed by atoms with Gasteiger partial charge in [-0.25, -0.2) is 8.42 Å². The van der Waals surface area contributed by atoms with Crippen LogP contribution in [0, 0.1) is 0 Å². The van der Waals surface area contributed by atoms with E-state index in [0.29, 0.717) is 32.1 Å². The zero-order valence-corrected chi connectivity index (χ0v) is 12.9. The van der Waals surface area contributed by atoms with Gasteiger partial charge in [-0.1, -0.05) is 19.1 Å². The van der Waals surface area contributed by atoms with Crippen molar-refractivity contribution in [3.05, 3.63) is 24.3 Å². The van der Waals surface area contributed by atoms with Crippen molar-refractivity contribution >= 4 is 9.84 Å². The van der Waals surface area contributed by atoms with Gasteiger partial charge in [-0.2, -0.15) is 0 Å². The van der Waals surface area contributed by atoms with Gasteiger partial charge in [0.1, 0.15) is 6.61 Å². The second kappa shape index (κ2) is 8.81. The van der Waals surface area contributed by atoms with E-state index in [1.54, 1.807) is 6.92 Å². The Bertz CT molecular complexity index is 488. The Morgan fingerprint density at radius 1 is 1.05 bits per heavy atom. The molecule has 5 nitrogen and oxygen atoms in total. The van der Waals surface area contributed by atoms with Gasteiger partial charge in [-0.05, 0) is 19.1 Å². The molecule has 6 heteroatoms. The maximum Gasteiger partial charge on any atom is 0.161 e. The zero-order chi connectivity index (χ0) is 14.8. The maximum absolute atomic E-state index is 11.3. The van der Waals surface area contributed by atoms with Gasteiger partial charge in [0.05, 0.1) is 12.4 Å². The lowest BCUT2D eigenvalue weighted by Crippen LogP contribution is -2.27. The number of sulfone groups is 1. The van der Waals surface area contributed by atoms with Crippen molar-refractivity contribution in [2.45, 2.75) is 13.8 Å². The van der Waals surface area contributed by atoms with E-state index >= 15 is 0 Å². The van der Waals surface area contributed by atoms with E-state index in [4.69, 9.17) is 9.47 Å². The molecule has 0 fully saturated rings. The second-order valence-corrected chi connectivity index (χ2v) is 6.69. The monoisotopic (exact) mass is 301 g/mol. The van der Waals surface area contributed by atoms with E-state index in [9.17, 15) is 8.42 Å². The number of hydrogen-bond donors (Lipinski definition) is 1. The molecule has 0 spiro atoms. The summed E-state index contributed by atoms with van der Waals surface area (Å²) in [5, 5.41) is 3.05. The molecule has 0 aromatic heterocycles. The van der Waals surface area contributed by atoms with Crippen LogP contribution in [0.4, 0.5) is 0 Å². The summed E-state index contributed by atoms with van der Waals surface area (Å²) in [6.07, 6.45) is 0. The number of ether oxygens (including phenoxy) is 2. The molecule has 0 heterocycles. The fourth-order valence-electron chi connectivity index (χ4n) is 1.57. The van der Waals surface area contributed by atoms with Gasteiger partial charge in [-0.15, -0.1) is 0 Å². The van der Waals surface area contributed by atoms with Gasteiger partial charge >= 0.3 is 0 Å². The summed E-state index contributed by atoms with van der Waals surface area (Å²) in [6.45, 7) is 5.69. The van der Waals surface area contributed by atoms with Crippen LogP contribution >= 0.6 is 0 Å². The van der Waals surface area contributed by atoms with E-state index < -0.39 is 9.84 Å². The van der Waals surface area contributed by atoms with E-state index in [2.05, 4.69) is 5.32 Å². The summed E-state index contributed by atoms with van der Waals surface area (Å²) < 4.78 is 33.6. The summed E-state index contributed by atoms with van der Waals surface area (Å²) in [5.41, 5.74) is 0. The SMILES string of the molecule is CCOc1ccccc1OCCNCCS(=O)(=O)CC. The fraction of sp³-hybridized carbons (Fsp3) is 0.571. The number of hydrogen-bond acceptors (Lipinski definition) is 5. The minimum Gasteiger partial charge on any atom is -0.490 e. The molecule has 20 heavy (non-hydrogen) atoms. The van der Waals surface area contributed by atoms with Crippen LogP contribution in [0.15, 0.2) is 24.3 Å². The Labute approximate surface area is 121 Å². The van der Waals surface area contributed by atoms with Crippen LogP contribution in [0.1, 0.15) is 13.8 Å². The molecular formula is C14H23NO4S. The first-order valence-electron chi connectivity index (χ1n) is 6.84. The number of rotatable bonds is 10. The summed E-state index contributed by atoms with van der Waals surface area (Å²) >= 11 is 0. The third kappa shape index (κ3) is 6.25. The number of benzene rings is 1. The van der Waals surface area contributed by atoms with Crippen molar-refractivity contribution in [3.63, 3.8) is 0 Å². The van der Waals surface area contributed by atoms with E-state index in [-0.39, 0.29) is 11.5 Å². The predicted molar refractivity (Wildman–Crippen MR) is 80.3 cm³/mol. The van der Waals surface area contributed by atoms with Crippen LogP contribution in [0.3, 0.4) is 0 Å². The summed E-state index contributed by atoms with van der Waals surface area (Å²) in [5.74, 6) is 1.78. The largest absolute Gasteiger partial charge is 0.490 e. The van der Waals surface area contributed by atoms with Crippen LogP contribution in [0.5, 0.6) is 11.5 Å². The van der Waals surface area contributed by atoms with E-state index in [1.807, 2.05) is 31.2 Å².